The van der Waals surface area contributed by atoms with Crippen LogP contribution in [0.15, 0.2) is 47.6 Å². The molecule has 8 heteroatoms. The maximum Gasteiger partial charge on any atom is 0.191 e. The highest BCUT2D eigenvalue weighted by Crippen LogP contribution is 2.24. The lowest BCUT2D eigenvalue weighted by Crippen LogP contribution is -2.42. The second kappa shape index (κ2) is 14.3. The second-order valence-electron chi connectivity index (χ2n) is 7.64. The van der Waals surface area contributed by atoms with Crippen molar-refractivity contribution in [2.45, 2.75) is 26.3 Å². The van der Waals surface area contributed by atoms with Crippen molar-refractivity contribution < 1.29 is 9.47 Å². The molecule has 32 heavy (non-hydrogen) atoms. The Morgan fingerprint density at radius 3 is 2.53 bits per heavy atom. The second-order valence-corrected chi connectivity index (χ2v) is 7.64. The van der Waals surface area contributed by atoms with Crippen LogP contribution in [0, 0.1) is 6.92 Å². The molecule has 0 saturated carbocycles. The zero-order valence-electron chi connectivity index (χ0n) is 19.3. The Morgan fingerprint density at radius 2 is 1.91 bits per heavy atom. The molecule has 7 nitrogen and oxygen atoms in total. The van der Waals surface area contributed by atoms with Crippen LogP contribution in [0.3, 0.4) is 0 Å². The van der Waals surface area contributed by atoms with Crippen molar-refractivity contribution in [3.05, 3.63) is 59.4 Å². The van der Waals surface area contributed by atoms with Crippen LogP contribution in [-0.4, -0.2) is 68.9 Å². The summed E-state index contributed by atoms with van der Waals surface area (Å²) in [6, 6.07) is 12.7. The van der Waals surface area contributed by atoms with Gasteiger partial charge in [0.25, 0.3) is 0 Å². The summed E-state index contributed by atoms with van der Waals surface area (Å²) in [5.41, 5.74) is 3.51. The quantitative estimate of drug-likeness (QED) is 0.283. The molecule has 1 aromatic heterocycles. The minimum atomic E-state index is 0. The first-order valence-electron chi connectivity index (χ1n) is 11.1. The van der Waals surface area contributed by atoms with Crippen molar-refractivity contribution in [3.8, 4) is 5.75 Å². The van der Waals surface area contributed by atoms with Gasteiger partial charge in [0, 0.05) is 38.1 Å². The molecule has 1 atom stereocenters. The third-order valence-electron chi connectivity index (χ3n) is 5.43. The van der Waals surface area contributed by atoms with E-state index in [2.05, 4.69) is 51.7 Å². The normalized spacial score (nSPS) is 15.5. The number of aliphatic imine (C=N–C) groups is 1. The van der Waals surface area contributed by atoms with Gasteiger partial charge >= 0.3 is 0 Å². The SMILES string of the molecule is CCNC(=NCC(c1ccc(OC)cc1)N1CCOCC1)NCCc1ccc(C)nc1.I. The van der Waals surface area contributed by atoms with Gasteiger partial charge in [0.05, 0.1) is 32.9 Å². The average Bonchev–Trinajstić information content (AvgIpc) is 2.81. The topological polar surface area (TPSA) is 71.0 Å². The average molecular weight is 553 g/mol. The number of benzene rings is 1. The first kappa shape index (κ1) is 26.3. The van der Waals surface area contributed by atoms with Crippen molar-refractivity contribution in [3.63, 3.8) is 0 Å². The van der Waals surface area contributed by atoms with Gasteiger partial charge in [0.15, 0.2) is 5.96 Å². The molecule has 1 aromatic carbocycles. The lowest BCUT2D eigenvalue weighted by atomic mass is 10.0. The predicted molar refractivity (Wildman–Crippen MR) is 140 cm³/mol. The maximum absolute atomic E-state index is 5.56. The van der Waals surface area contributed by atoms with E-state index in [-0.39, 0.29) is 30.0 Å². The number of hydrogen-bond acceptors (Lipinski definition) is 5. The van der Waals surface area contributed by atoms with E-state index in [4.69, 9.17) is 14.5 Å². The van der Waals surface area contributed by atoms with Gasteiger partial charge in [-0.1, -0.05) is 18.2 Å². The van der Waals surface area contributed by atoms with Crippen LogP contribution in [0.1, 0.15) is 29.8 Å². The van der Waals surface area contributed by atoms with E-state index in [1.54, 1.807) is 7.11 Å². The number of ether oxygens (including phenoxy) is 2. The minimum Gasteiger partial charge on any atom is -0.497 e. The van der Waals surface area contributed by atoms with Gasteiger partial charge in [-0.05, 0) is 49.6 Å². The number of nitrogens with zero attached hydrogens (tertiary/aromatic N) is 3. The minimum absolute atomic E-state index is 0. The van der Waals surface area contributed by atoms with Crippen LogP contribution in [0.2, 0.25) is 0 Å². The van der Waals surface area contributed by atoms with Gasteiger partial charge in [0.2, 0.25) is 0 Å². The van der Waals surface area contributed by atoms with E-state index in [0.29, 0.717) is 6.54 Å². The van der Waals surface area contributed by atoms with Crippen LogP contribution in [0.4, 0.5) is 0 Å². The van der Waals surface area contributed by atoms with Crippen LogP contribution in [-0.2, 0) is 11.2 Å². The molecule has 1 saturated heterocycles. The van der Waals surface area contributed by atoms with Crippen molar-refractivity contribution >= 4 is 29.9 Å². The molecule has 2 N–H and O–H groups in total. The molecule has 0 bridgehead atoms. The molecule has 0 radical (unpaired) electrons. The van der Waals surface area contributed by atoms with E-state index in [1.807, 2.05) is 25.3 Å². The Kier molecular flexibility index (Phi) is 11.8. The fourth-order valence-electron chi connectivity index (χ4n) is 3.64. The van der Waals surface area contributed by atoms with Gasteiger partial charge in [-0.2, -0.15) is 0 Å². The zero-order valence-corrected chi connectivity index (χ0v) is 21.7. The molecule has 3 rings (SSSR count). The lowest BCUT2D eigenvalue weighted by Gasteiger charge is -2.34. The van der Waals surface area contributed by atoms with Crippen molar-refractivity contribution in [1.29, 1.82) is 0 Å². The number of aryl methyl sites for hydroxylation is 1. The lowest BCUT2D eigenvalue weighted by molar-refractivity contribution is 0.0179. The molecule has 176 valence electrons. The molecule has 0 spiro atoms. The monoisotopic (exact) mass is 553 g/mol. The Balaban J connectivity index is 0.00000363. The number of pyridine rings is 1. The van der Waals surface area contributed by atoms with E-state index in [9.17, 15) is 0 Å². The Bertz CT molecular complexity index is 808. The molecular weight excluding hydrogens is 517 g/mol. The highest BCUT2D eigenvalue weighted by Gasteiger charge is 2.22. The Labute approximate surface area is 209 Å². The molecule has 0 aliphatic carbocycles. The van der Waals surface area contributed by atoms with Crippen molar-refractivity contribution in [2.75, 3.05) is 53.0 Å². The van der Waals surface area contributed by atoms with Crippen molar-refractivity contribution in [2.24, 2.45) is 4.99 Å². The van der Waals surface area contributed by atoms with E-state index in [1.165, 1.54) is 11.1 Å². The predicted octanol–water partition coefficient (Wildman–Crippen LogP) is 3.19. The number of rotatable bonds is 9. The van der Waals surface area contributed by atoms with E-state index >= 15 is 0 Å². The largest absolute Gasteiger partial charge is 0.497 e. The third kappa shape index (κ3) is 8.22. The van der Waals surface area contributed by atoms with Gasteiger partial charge in [0.1, 0.15) is 5.75 Å². The van der Waals surface area contributed by atoms with Crippen LogP contribution >= 0.6 is 24.0 Å². The number of nitrogens with one attached hydrogen (secondary N) is 2. The summed E-state index contributed by atoms with van der Waals surface area (Å²) in [5.74, 6) is 1.71. The number of guanidine groups is 1. The molecule has 2 heterocycles. The molecule has 1 aliphatic rings. The molecule has 1 aliphatic heterocycles. The summed E-state index contributed by atoms with van der Waals surface area (Å²) in [6.45, 7) is 9.75. The fourth-order valence-corrected chi connectivity index (χ4v) is 3.64. The fraction of sp³-hybridized carbons (Fsp3) is 0.500. The summed E-state index contributed by atoms with van der Waals surface area (Å²) in [5, 5.41) is 6.83. The molecule has 2 aromatic rings. The van der Waals surface area contributed by atoms with Gasteiger partial charge in [-0.3, -0.25) is 14.9 Å². The molecule has 1 unspecified atom stereocenters. The summed E-state index contributed by atoms with van der Waals surface area (Å²) in [6.07, 6.45) is 2.85. The highest BCUT2D eigenvalue weighted by atomic mass is 127. The summed E-state index contributed by atoms with van der Waals surface area (Å²) >= 11 is 0. The molecule has 1 fully saturated rings. The Morgan fingerprint density at radius 1 is 1.16 bits per heavy atom. The molecular formula is C24H36IN5O2. The van der Waals surface area contributed by atoms with E-state index in [0.717, 1.165) is 63.2 Å². The van der Waals surface area contributed by atoms with Gasteiger partial charge in [-0.25, -0.2) is 0 Å². The summed E-state index contributed by atoms with van der Waals surface area (Å²) in [7, 11) is 1.69. The number of methoxy groups -OCH3 is 1. The maximum atomic E-state index is 5.56. The number of hydrogen-bond donors (Lipinski definition) is 2. The zero-order chi connectivity index (χ0) is 21.9. The standard InChI is InChI=1S/C24H35N5O2.HI/c1-4-25-24(26-12-11-20-6-5-19(2)27-17-20)28-18-23(29-13-15-31-16-14-29)21-7-9-22(30-3)10-8-21;/h5-10,17,23H,4,11-16,18H2,1-3H3,(H2,25,26,28);1H. The van der Waals surface area contributed by atoms with Crippen LogP contribution < -0.4 is 15.4 Å². The number of halogens is 1. The summed E-state index contributed by atoms with van der Waals surface area (Å²) < 4.78 is 10.9. The first-order chi connectivity index (χ1) is 15.2. The summed E-state index contributed by atoms with van der Waals surface area (Å²) in [4.78, 5) is 11.7. The number of aromatic nitrogens is 1. The first-order valence-corrected chi connectivity index (χ1v) is 11.1. The van der Waals surface area contributed by atoms with E-state index < -0.39 is 0 Å². The number of morpholine rings is 1. The molecule has 0 amide bonds. The van der Waals surface area contributed by atoms with Crippen LogP contribution in [0.5, 0.6) is 5.75 Å². The smallest absolute Gasteiger partial charge is 0.191 e. The highest BCUT2D eigenvalue weighted by molar-refractivity contribution is 14.0. The van der Waals surface area contributed by atoms with Gasteiger partial charge in [-0.15, -0.1) is 24.0 Å². The van der Waals surface area contributed by atoms with Gasteiger partial charge < -0.3 is 20.1 Å². The van der Waals surface area contributed by atoms with Crippen LogP contribution in [0.25, 0.3) is 0 Å². The third-order valence-corrected chi connectivity index (χ3v) is 5.43. The Hall–Kier alpha value is -1.91. The van der Waals surface area contributed by atoms with Crippen molar-refractivity contribution in [1.82, 2.24) is 20.5 Å².